The minimum atomic E-state index is -0.279. The Bertz CT molecular complexity index is 4670. The number of rotatable bonds is 12. The van der Waals surface area contributed by atoms with Crippen molar-refractivity contribution in [3.05, 3.63) is 314 Å². The first-order valence-corrected chi connectivity index (χ1v) is 29.5. The zero-order chi connectivity index (χ0) is 58.3. The maximum atomic E-state index is 5.26. The molecule has 0 spiro atoms. The van der Waals surface area contributed by atoms with Crippen LogP contribution in [0.1, 0.15) is 25.0 Å². The van der Waals surface area contributed by atoms with E-state index >= 15 is 0 Å². The van der Waals surface area contributed by atoms with Crippen molar-refractivity contribution in [1.82, 2.24) is 29.9 Å². The van der Waals surface area contributed by atoms with E-state index in [9.17, 15) is 0 Å². The maximum Gasteiger partial charge on any atom is 0.164 e. The van der Waals surface area contributed by atoms with E-state index in [2.05, 4.69) is 293 Å². The van der Waals surface area contributed by atoms with E-state index in [1.54, 1.807) is 0 Å². The van der Waals surface area contributed by atoms with Crippen LogP contribution in [0.2, 0.25) is 0 Å². The lowest BCUT2D eigenvalue weighted by Crippen LogP contribution is -2.15. The van der Waals surface area contributed by atoms with Crippen molar-refractivity contribution in [2.75, 3.05) is 0 Å². The Hall–Kier alpha value is -11.3. The molecule has 0 aliphatic heterocycles. The van der Waals surface area contributed by atoms with Crippen LogP contribution >= 0.6 is 0 Å². The van der Waals surface area contributed by atoms with Crippen molar-refractivity contribution < 1.29 is 0 Å². The highest BCUT2D eigenvalue weighted by molar-refractivity contribution is 5.87. The zero-order valence-corrected chi connectivity index (χ0v) is 48.1. The van der Waals surface area contributed by atoms with Gasteiger partial charge >= 0.3 is 0 Å². The second-order valence-corrected chi connectivity index (χ2v) is 22.7. The third-order valence-corrected chi connectivity index (χ3v) is 16.8. The average Bonchev–Trinajstić information content (AvgIpc) is 2.39. The largest absolute Gasteiger partial charge is 0.208 e. The van der Waals surface area contributed by atoms with E-state index in [4.69, 9.17) is 29.9 Å². The van der Waals surface area contributed by atoms with E-state index in [1.165, 1.54) is 22.3 Å². The third kappa shape index (κ3) is 10.4. The van der Waals surface area contributed by atoms with Crippen molar-refractivity contribution in [2.45, 2.75) is 19.3 Å². The molecule has 6 heteroatoms. The summed E-state index contributed by atoms with van der Waals surface area (Å²) in [5, 5.41) is 0. The van der Waals surface area contributed by atoms with Gasteiger partial charge in [0.1, 0.15) is 0 Å². The Morgan fingerprint density at radius 1 is 0.172 bits per heavy atom. The van der Waals surface area contributed by atoms with Gasteiger partial charge in [0.05, 0.1) is 0 Å². The van der Waals surface area contributed by atoms with Gasteiger partial charge in [0.15, 0.2) is 34.9 Å². The molecule has 87 heavy (non-hydrogen) atoms. The Balaban J connectivity index is 0.749. The second kappa shape index (κ2) is 22.3. The molecule has 14 aromatic rings. The molecular weight excluding hydrogens is 1060 g/mol. The summed E-state index contributed by atoms with van der Waals surface area (Å²) >= 11 is 0. The molecule has 6 nitrogen and oxygen atoms in total. The second-order valence-electron chi connectivity index (χ2n) is 22.7. The van der Waals surface area contributed by atoms with Gasteiger partial charge in [-0.3, -0.25) is 0 Å². The summed E-state index contributed by atoms with van der Waals surface area (Å²) in [6.45, 7) is 4.65. The third-order valence-electron chi connectivity index (χ3n) is 16.8. The highest BCUT2D eigenvalue weighted by Crippen LogP contribution is 2.51. The molecule has 0 saturated heterocycles. The molecule has 0 amide bonds. The number of aromatic nitrogens is 6. The predicted octanol–water partition coefficient (Wildman–Crippen LogP) is 20.4. The van der Waals surface area contributed by atoms with E-state index < -0.39 is 0 Å². The molecule has 0 fully saturated rings. The Labute approximate surface area is 507 Å². The van der Waals surface area contributed by atoms with Crippen LogP contribution < -0.4 is 0 Å². The van der Waals surface area contributed by atoms with Crippen LogP contribution in [-0.4, -0.2) is 29.9 Å². The van der Waals surface area contributed by atoms with Gasteiger partial charge in [-0.05, 0) is 131 Å². The molecule has 410 valence electrons. The molecule has 1 aliphatic carbocycles. The molecule has 0 atom stereocenters. The average molecular weight is 1110 g/mol. The van der Waals surface area contributed by atoms with Crippen LogP contribution in [0.15, 0.2) is 303 Å². The number of benzene rings is 12. The number of hydrogen-bond donors (Lipinski definition) is 0. The fourth-order valence-electron chi connectivity index (χ4n) is 12.2. The highest BCUT2D eigenvalue weighted by Gasteiger charge is 2.36. The minimum Gasteiger partial charge on any atom is -0.208 e. The van der Waals surface area contributed by atoms with Crippen LogP contribution in [0.5, 0.6) is 0 Å². The highest BCUT2D eigenvalue weighted by atomic mass is 15.0. The zero-order valence-electron chi connectivity index (χ0n) is 48.1. The van der Waals surface area contributed by atoms with Crippen molar-refractivity contribution in [2.24, 2.45) is 0 Å². The van der Waals surface area contributed by atoms with Crippen molar-refractivity contribution in [1.29, 1.82) is 0 Å². The van der Waals surface area contributed by atoms with E-state index in [-0.39, 0.29) is 5.41 Å². The quantitative estimate of drug-likeness (QED) is 0.121. The smallest absolute Gasteiger partial charge is 0.164 e. The molecule has 0 saturated carbocycles. The lowest BCUT2D eigenvalue weighted by Gasteiger charge is -2.22. The molecule has 0 bridgehead atoms. The van der Waals surface area contributed by atoms with Gasteiger partial charge in [0, 0.05) is 38.8 Å². The number of fused-ring (bicyclic) bond motifs is 3. The molecule has 0 unspecified atom stereocenters. The molecule has 15 rings (SSSR count). The maximum absolute atomic E-state index is 5.26. The van der Waals surface area contributed by atoms with Gasteiger partial charge in [-0.15, -0.1) is 0 Å². The SMILES string of the molecule is CC1(C)c2ccc(-c3ccc(-c4cccc(-c5nc(-c6cccc(-c7ccccc7)c6)nc(-c6cccc(-c7ccccc7)c6)n5)c4)cc3)cc2-c2ccc(-c3nc(-c4cccc(-c5ccccc5)c4)nc(-c4cccc(-c5ccccc5)c4)n3)cc21. The van der Waals surface area contributed by atoms with Crippen LogP contribution in [-0.2, 0) is 5.41 Å². The first-order valence-electron chi connectivity index (χ1n) is 29.5. The molecule has 0 radical (unpaired) electrons. The van der Waals surface area contributed by atoms with Crippen molar-refractivity contribution in [3.63, 3.8) is 0 Å². The number of nitrogens with zero attached hydrogens (tertiary/aromatic N) is 6. The summed E-state index contributed by atoms with van der Waals surface area (Å²) in [4.78, 5) is 31.3. The van der Waals surface area contributed by atoms with Crippen molar-refractivity contribution >= 4 is 0 Å². The van der Waals surface area contributed by atoms with E-state index in [0.29, 0.717) is 34.9 Å². The van der Waals surface area contributed by atoms with Crippen LogP contribution in [0, 0.1) is 0 Å². The van der Waals surface area contributed by atoms with Gasteiger partial charge in [0.25, 0.3) is 0 Å². The Morgan fingerprint density at radius 2 is 0.402 bits per heavy atom. The normalized spacial score (nSPS) is 12.1. The Morgan fingerprint density at radius 3 is 0.713 bits per heavy atom. The molecule has 2 aromatic heterocycles. The monoisotopic (exact) mass is 1110 g/mol. The first-order chi connectivity index (χ1) is 42.8. The summed E-state index contributed by atoms with van der Waals surface area (Å²) in [5.74, 6) is 3.71. The summed E-state index contributed by atoms with van der Waals surface area (Å²) in [7, 11) is 0. The predicted molar refractivity (Wildman–Crippen MR) is 356 cm³/mol. The number of hydrogen-bond acceptors (Lipinski definition) is 6. The summed E-state index contributed by atoms with van der Waals surface area (Å²) < 4.78 is 0. The van der Waals surface area contributed by atoms with Crippen LogP contribution in [0.4, 0.5) is 0 Å². The van der Waals surface area contributed by atoms with E-state index in [1.807, 2.05) is 24.3 Å². The summed E-state index contributed by atoms with van der Waals surface area (Å²) in [6.07, 6.45) is 0. The van der Waals surface area contributed by atoms with Crippen LogP contribution in [0.3, 0.4) is 0 Å². The molecule has 1 aliphatic rings. The lowest BCUT2D eigenvalue weighted by molar-refractivity contribution is 0.660. The molecular formula is C81H56N6. The fourth-order valence-corrected chi connectivity index (χ4v) is 12.2. The van der Waals surface area contributed by atoms with Crippen LogP contribution in [0.25, 0.3) is 146 Å². The van der Waals surface area contributed by atoms with Gasteiger partial charge < -0.3 is 0 Å². The first kappa shape index (κ1) is 52.5. The fraction of sp³-hybridized carbons (Fsp3) is 0.0370. The van der Waals surface area contributed by atoms with Crippen molar-refractivity contribution in [3.8, 4) is 146 Å². The summed E-state index contributed by atoms with van der Waals surface area (Å²) in [5.41, 5.74) is 23.6. The molecule has 2 heterocycles. The van der Waals surface area contributed by atoms with E-state index in [0.717, 1.165) is 100 Å². The topological polar surface area (TPSA) is 77.3 Å². The van der Waals surface area contributed by atoms with Gasteiger partial charge in [-0.25, -0.2) is 29.9 Å². The van der Waals surface area contributed by atoms with Gasteiger partial charge in [0.2, 0.25) is 0 Å². The van der Waals surface area contributed by atoms with Gasteiger partial charge in [-0.2, -0.15) is 0 Å². The Kier molecular flexibility index (Phi) is 13.5. The molecule has 0 N–H and O–H groups in total. The molecule has 12 aromatic carbocycles. The minimum absolute atomic E-state index is 0.279. The van der Waals surface area contributed by atoms with Gasteiger partial charge in [-0.1, -0.05) is 275 Å². The lowest BCUT2D eigenvalue weighted by atomic mass is 9.81. The summed E-state index contributed by atoms with van der Waals surface area (Å²) in [6, 6.07) is 107. The standard InChI is InChI=1S/C81H56N6/c1-81(2)73-45-43-64(51-72(73)71-44-42-70(52-74(71)81)80-86-78(67-35-17-30-61(48-67)55-24-11-5-12-25-55)85-79(87-80)68-36-18-31-62(49-68)56-26-13-6-14-27-56)58-40-38-57(39-41-58)63-32-19-37-69(50-63)77-83-75(65-33-15-28-59(46-65)53-20-7-3-8-21-53)82-76(84-77)66-34-16-29-60(47-66)54-22-9-4-10-23-54/h3-52H,1-2H3.